The molecule has 2 fully saturated rings. The molecule has 3 aliphatic heterocycles. The minimum atomic E-state index is -0.572. The van der Waals surface area contributed by atoms with Crippen LogP contribution in [0.3, 0.4) is 0 Å². The molecule has 8 heteroatoms. The molecular formula is C22H28FN5O2. The highest BCUT2D eigenvalue weighted by atomic mass is 19.1. The largest absolute Gasteiger partial charge is 0.505 e. The number of piperazine rings is 1. The number of anilines is 1. The first-order valence-electron chi connectivity index (χ1n) is 10.6. The highest BCUT2D eigenvalue weighted by molar-refractivity contribution is 5.39. The second-order valence-corrected chi connectivity index (χ2v) is 8.85. The van der Waals surface area contributed by atoms with Gasteiger partial charge in [0.2, 0.25) is 5.95 Å². The SMILES string of the molecule is CN1CCN(c2ncc3c(n2)[C@]2(CCN(Cc4ccc(O)c(F)c4)C2)COC3)CC1. The van der Waals surface area contributed by atoms with Crippen LogP contribution in [-0.2, 0) is 23.3 Å². The highest BCUT2D eigenvalue weighted by Crippen LogP contribution is 2.40. The number of aromatic hydroxyl groups is 1. The first kappa shape index (κ1) is 19.7. The van der Waals surface area contributed by atoms with Crippen LogP contribution in [0.5, 0.6) is 5.75 Å². The predicted octanol–water partition coefficient (Wildman–Crippen LogP) is 1.75. The van der Waals surface area contributed by atoms with E-state index < -0.39 is 5.82 Å². The van der Waals surface area contributed by atoms with Crippen molar-refractivity contribution in [2.75, 3.05) is 57.8 Å². The van der Waals surface area contributed by atoms with Crippen LogP contribution in [0.2, 0.25) is 0 Å². The minimum absolute atomic E-state index is 0.146. The summed E-state index contributed by atoms with van der Waals surface area (Å²) in [6.07, 6.45) is 2.90. The maximum atomic E-state index is 13.7. The molecule has 1 spiro atoms. The standard InChI is InChI=1S/C22H28FN5O2/c1-26-6-8-28(9-7-26)21-24-11-17-13-30-15-22(20(17)25-21)4-5-27(14-22)12-16-2-3-19(29)18(23)10-16/h2-3,10-11,29H,4-9,12-15H2,1H3/t22-/m0/s1. The Bertz CT molecular complexity index is 934. The summed E-state index contributed by atoms with van der Waals surface area (Å²) in [5.41, 5.74) is 2.92. The number of fused-ring (bicyclic) bond motifs is 2. The van der Waals surface area contributed by atoms with Crippen LogP contribution in [0.15, 0.2) is 24.4 Å². The molecule has 0 amide bonds. The molecular weight excluding hydrogens is 385 g/mol. The molecule has 160 valence electrons. The lowest BCUT2D eigenvalue weighted by atomic mass is 9.80. The molecule has 0 radical (unpaired) electrons. The van der Waals surface area contributed by atoms with E-state index in [2.05, 4.69) is 26.7 Å². The van der Waals surface area contributed by atoms with Crippen molar-refractivity contribution < 1.29 is 14.2 Å². The third-order valence-corrected chi connectivity index (χ3v) is 6.63. The Hall–Kier alpha value is -2.29. The van der Waals surface area contributed by atoms with E-state index in [0.29, 0.717) is 19.8 Å². The number of ether oxygens (including phenoxy) is 1. The van der Waals surface area contributed by atoms with Gasteiger partial charge in [-0.15, -0.1) is 0 Å². The molecule has 4 heterocycles. The zero-order valence-electron chi connectivity index (χ0n) is 17.3. The van der Waals surface area contributed by atoms with Gasteiger partial charge in [0.1, 0.15) is 0 Å². The fourth-order valence-corrected chi connectivity index (χ4v) is 4.86. The summed E-state index contributed by atoms with van der Waals surface area (Å²) in [5, 5.41) is 9.43. The lowest BCUT2D eigenvalue weighted by Crippen LogP contribution is -2.46. The van der Waals surface area contributed by atoms with E-state index >= 15 is 0 Å². The maximum absolute atomic E-state index is 13.7. The monoisotopic (exact) mass is 413 g/mol. The Kier molecular flexibility index (Phi) is 5.08. The second kappa shape index (κ2) is 7.76. The number of phenols is 1. The number of phenolic OH excluding ortho intramolecular Hbond substituents is 1. The third kappa shape index (κ3) is 3.64. The summed E-state index contributed by atoms with van der Waals surface area (Å²) < 4.78 is 19.7. The maximum Gasteiger partial charge on any atom is 0.225 e. The van der Waals surface area contributed by atoms with E-state index in [1.165, 1.54) is 12.1 Å². The van der Waals surface area contributed by atoms with Gasteiger partial charge in [0.05, 0.1) is 24.3 Å². The van der Waals surface area contributed by atoms with Gasteiger partial charge in [-0.1, -0.05) is 6.07 Å². The summed E-state index contributed by atoms with van der Waals surface area (Å²) in [4.78, 5) is 16.6. The van der Waals surface area contributed by atoms with Gasteiger partial charge < -0.3 is 19.6 Å². The molecule has 3 aliphatic rings. The third-order valence-electron chi connectivity index (χ3n) is 6.63. The van der Waals surface area contributed by atoms with Gasteiger partial charge in [0.25, 0.3) is 0 Å². The normalized spacial score (nSPS) is 25.1. The molecule has 0 saturated carbocycles. The van der Waals surface area contributed by atoms with Gasteiger partial charge in [-0.25, -0.2) is 14.4 Å². The number of nitrogens with zero attached hydrogens (tertiary/aromatic N) is 5. The molecule has 7 nitrogen and oxygen atoms in total. The van der Waals surface area contributed by atoms with Crippen LogP contribution in [-0.4, -0.2) is 77.8 Å². The average Bonchev–Trinajstić information content (AvgIpc) is 3.14. The predicted molar refractivity (Wildman–Crippen MR) is 111 cm³/mol. The Morgan fingerprint density at radius 3 is 2.83 bits per heavy atom. The first-order chi connectivity index (χ1) is 14.5. The van der Waals surface area contributed by atoms with E-state index in [-0.39, 0.29) is 11.2 Å². The first-order valence-corrected chi connectivity index (χ1v) is 10.6. The van der Waals surface area contributed by atoms with Crippen LogP contribution in [0.25, 0.3) is 0 Å². The average molecular weight is 413 g/mol. The second-order valence-electron chi connectivity index (χ2n) is 8.85. The molecule has 5 rings (SSSR count). The number of rotatable bonds is 3. The fourth-order valence-electron chi connectivity index (χ4n) is 4.86. The van der Waals surface area contributed by atoms with Crippen molar-refractivity contribution in [2.24, 2.45) is 0 Å². The number of likely N-dealkylation sites (N-methyl/N-ethyl adjacent to an activating group) is 1. The Balaban J connectivity index is 1.37. The summed E-state index contributed by atoms with van der Waals surface area (Å²) in [6, 6.07) is 4.62. The molecule has 0 unspecified atom stereocenters. The summed E-state index contributed by atoms with van der Waals surface area (Å²) in [6.45, 7) is 7.50. The molecule has 0 bridgehead atoms. The zero-order chi connectivity index (χ0) is 20.7. The molecule has 1 aromatic carbocycles. The number of likely N-dealkylation sites (tertiary alicyclic amines) is 1. The molecule has 30 heavy (non-hydrogen) atoms. The number of aromatic nitrogens is 2. The lowest BCUT2D eigenvalue weighted by molar-refractivity contribution is 0.0502. The highest BCUT2D eigenvalue weighted by Gasteiger charge is 2.45. The van der Waals surface area contributed by atoms with Crippen molar-refractivity contribution in [2.45, 2.75) is 25.0 Å². The molecule has 2 saturated heterocycles. The zero-order valence-corrected chi connectivity index (χ0v) is 17.3. The van der Waals surface area contributed by atoms with Gasteiger partial charge in [0.15, 0.2) is 11.6 Å². The smallest absolute Gasteiger partial charge is 0.225 e. The number of halogens is 1. The van der Waals surface area contributed by atoms with Gasteiger partial charge >= 0.3 is 0 Å². The van der Waals surface area contributed by atoms with Crippen molar-refractivity contribution in [3.05, 3.63) is 47.0 Å². The fraction of sp³-hybridized carbons (Fsp3) is 0.545. The van der Waals surface area contributed by atoms with E-state index in [9.17, 15) is 9.50 Å². The molecule has 1 aromatic heterocycles. The van der Waals surface area contributed by atoms with Crippen LogP contribution in [0, 0.1) is 5.82 Å². The van der Waals surface area contributed by atoms with E-state index in [4.69, 9.17) is 9.72 Å². The number of hydrogen-bond donors (Lipinski definition) is 1. The van der Waals surface area contributed by atoms with Crippen LogP contribution >= 0.6 is 0 Å². The van der Waals surface area contributed by atoms with Gasteiger partial charge in [0, 0.05) is 51.0 Å². The van der Waals surface area contributed by atoms with Gasteiger partial charge in [-0.2, -0.15) is 0 Å². The van der Waals surface area contributed by atoms with Crippen molar-refractivity contribution in [3.63, 3.8) is 0 Å². The van der Waals surface area contributed by atoms with E-state index in [0.717, 1.165) is 68.5 Å². The summed E-state index contributed by atoms with van der Waals surface area (Å²) >= 11 is 0. The lowest BCUT2D eigenvalue weighted by Gasteiger charge is -2.36. The number of hydrogen-bond acceptors (Lipinski definition) is 7. The van der Waals surface area contributed by atoms with Crippen molar-refractivity contribution >= 4 is 5.95 Å². The minimum Gasteiger partial charge on any atom is -0.505 e. The van der Waals surface area contributed by atoms with Crippen molar-refractivity contribution in [1.82, 2.24) is 19.8 Å². The number of benzene rings is 1. The molecule has 1 atom stereocenters. The van der Waals surface area contributed by atoms with E-state index in [1.807, 2.05) is 6.20 Å². The molecule has 1 N–H and O–H groups in total. The topological polar surface area (TPSA) is 65.0 Å². The molecule has 0 aliphatic carbocycles. The van der Waals surface area contributed by atoms with E-state index in [1.54, 1.807) is 6.07 Å². The van der Waals surface area contributed by atoms with Crippen molar-refractivity contribution in [3.8, 4) is 5.75 Å². The van der Waals surface area contributed by atoms with Crippen molar-refractivity contribution in [1.29, 1.82) is 0 Å². The quantitative estimate of drug-likeness (QED) is 0.822. The summed E-state index contributed by atoms with van der Waals surface area (Å²) in [5.74, 6) is -0.0566. The van der Waals surface area contributed by atoms with Gasteiger partial charge in [-0.3, -0.25) is 4.90 Å². The van der Waals surface area contributed by atoms with Gasteiger partial charge in [-0.05, 0) is 37.7 Å². The molecule has 2 aromatic rings. The van der Waals surface area contributed by atoms with Crippen LogP contribution < -0.4 is 4.90 Å². The van der Waals surface area contributed by atoms with Crippen LogP contribution in [0.1, 0.15) is 23.2 Å². The Morgan fingerprint density at radius 2 is 2.03 bits per heavy atom. The van der Waals surface area contributed by atoms with Crippen LogP contribution in [0.4, 0.5) is 10.3 Å². The summed E-state index contributed by atoms with van der Waals surface area (Å²) in [7, 11) is 2.14. The Morgan fingerprint density at radius 1 is 1.20 bits per heavy atom. The Labute approximate surface area is 176 Å².